The first kappa shape index (κ1) is 11.5. The van der Waals surface area contributed by atoms with Gasteiger partial charge in [-0.05, 0) is 6.42 Å². The van der Waals surface area contributed by atoms with Gasteiger partial charge in [-0.25, -0.2) is 0 Å². The van der Waals surface area contributed by atoms with E-state index in [1.165, 1.54) is 21.3 Å². The Balaban J connectivity index is 2.79. The SMILES string of the molecule is CO/N=C1/CC/C(=N\OC)C/C1=N\OC. The number of hydrogen-bond donors (Lipinski definition) is 0. The highest BCUT2D eigenvalue weighted by Crippen LogP contribution is 2.12. The zero-order valence-corrected chi connectivity index (χ0v) is 9.19. The molecule has 0 radical (unpaired) electrons. The van der Waals surface area contributed by atoms with Crippen LogP contribution >= 0.6 is 0 Å². The van der Waals surface area contributed by atoms with Crippen LogP contribution in [0.5, 0.6) is 0 Å². The van der Waals surface area contributed by atoms with Crippen molar-refractivity contribution >= 4 is 17.1 Å². The van der Waals surface area contributed by atoms with Gasteiger partial charge in [0, 0.05) is 12.8 Å². The highest BCUT2D eigenvalue weighted by Gasteiger charge is 2.21. The van der Waals surface area contributed by atoms with Gasteiger partial charge in [0.25, 0.3) is 0 Å². The Labute approximate surface area is 88.5 Å². The number of rotatable bonds is 3. The van der Waals surface area contributed by atoms with E-state index in [4.69, 9.17) is 14.5 Å². The van der Waals surface area contributed by atoms with Crippen molar-refractivity contribution in [2.75, 3.05) is 21.3 Å². The third-order valence-corrected chi connectivity index (χ3v) is 1.98. The fourth-order valence-corrected chi connectivity index (χ4v) is 1.40. The van der Waals surface area contributed by atoms with Gasteiger partial charge in [-0.3, -0.25) is 0 Å². The van der Waals surface area contributed by atoms with Crippen LogP contribution in [0.1, 0.15) is 19.3 Å². The highest BCUT2D eigenvalue weighted by molar-refractivity contribution is 6.47. The summed E-state index contributed by atoms with van der Waals surface area (Å²) >= 11 is 0. The molecule has 15 heavy (non-hydrogen) atoms. The maximum Gasteiger partial charge on any atom is 0.110 e. The van der Waals surface area contributed by atoms with E-state index in [0.29, 0.717) is 6.42 Å². The standard InChI is InChI=1S/C9H15N3O3/c1-13-10-7-4-5-8(11-14-2)9(6-7)12-15-3/h4-6H2,1-3H3/b10-7+,11-8-,12-9+. The molecule has 0 unspecified atom stereocenters. The van der Waals surface area contributed by atoms with Gasteiger partial charge in [0.2, 0.25) is 0 Å². The molecule has 0 spiro atoms. The quantitative estimate of drug-likeness (QED) is 0.661. The van der Waals surface area contributed by atoms with Crippen LogP contribution in [0.3, 0.4) is 0 Å². The van der Waals surface area contributed by atoms with Crippen LogP contribution in [-0.2, 0) is 14.5 Å². The van der Waals surface area contributed by atoms with Gasteiger partial charge in [0.15, 0.2) is 0 Å². The van der Waals surface area contributed by atoms with Gasteiger partial charge in [0.05, 0.1) is 5.71 Å². The Morgan fingerprint density at radius 2 is 1.40 bits per heavy atom. The average molecular weight is 213 g/mol. The van der Waals surface area contributed by atoms with Crippen molar-refractivity contribution in [3.63, 3.8) is 0 Å². The molecule has 1 rings (SSSR count). The largest absolute Gasteiger partial charge is 0.399 e. The summed E-state index contributed by atoms with van der Waals surface area (Å²) in [7, 11) is 4.54. The highest BCUT2D eigenvalue weighted by atomic mass is 16.6. The molecule has 0 aromatic carbocycles. The van der Waals surface area contributed by atoms with E-state index in [-0.39, 0.29) is 0 Å². The molecular formula is C9H15N3O3. The first-order chi connectivity index (χ1) is 7.31. The maximum absolute atomic E-state index is 4.74. The van der Waals surface area contributed by atoms with Crippen molar-refractivity contribution in [1.29, 1.82) is 0 Å². The minimum Gasteiger partial charge on any atom is -0.399 e. The first-order valence-corrected chi connectivity index (χ1v) is 4.61. The molecule has 0 heterocycles. The summed E-state index contributed by atoms with van der Waals surface area (Å²) in [5, 5.41) is 11.7. The molecule has 0 saturated heterocycles. The van der Waals surface area contributed by atoms with E-state index in [2.05, 4.69) is 15.5 Å². The van der Waals surface area contributed by atoms with E-state index in [1.54, 1.807) is 0 Å². The second-order valence-corrected chi connectivity index (χ2v) is 2.96. The molecule has 0 aliphatic heterocycles. The van der Waals surface area contributed by atoms with E-state index >= 15 is 0 Å². The summed E-state index contributed by atoms with van der Waals surface area (Å²) in [5.41, 5.74) is 2.47. The van der Waals surface area contributed by atoms with Crippen LogP contribution < -0.4 is 0 Å². The zero-order chi connectivity index (χ0) is 11.1. The second-order valence-electron chi connectivity index (χ2n) is 2.96. The molecular weight excluding hydrogens is 198 g/mol. The zero-order valence-electron chi connectivity index (χ0n) is 9.19. The normalized spacial score (nSPS) is 24.6. The van der Waals surface area contributed by atoms with Gasteiger partial charge in [0.1, 0.15) is 32.8 Å². The van der Waals surface area contributed by atoms with Crippen LogP contribution in [0.25, 0.3) is 0 Å². The summed E-state index contributed by atoms with van der Waals surface area (Å²) in [5.74, 6) is 0. The van der Waals surface area contributed by atoms with E-state index in [1.807, 2.05) is 0 Å². The number of oxime groups is 3. The van der Waals surface area contributed by atoms with Gasteiger partial charge >= 0.3 is 0 Å². The molecule has 0 N–H and O–H groups in total. The molecule has 0 bridgehead atoms. The van der Waals surface area contributed by atoms with E-state index in [0.717, 1.165) is 30.0 Å². The third-order valence-electron chi connectivity index (χ3n) is 1.98. The molecule has 6 nitrogen and oxygen atoms in total. The predicted octanol–water partition coefficient (Wildman–Crippen LogP) is 1.18. The molecule has 84 valence electrons. The Bertz CT molecular complexity index is 297. The molecule has 0 amide bonds. The van der Waals surface area contributed by atoms with Crippen molar-refractivity contribution in [2.45, 2.75) is 19.3 Å². The van der Waals surface area contributed by atoms with Gasteiger partial charge in [-0.2, -0.15) is 0 Å². The van der Waals surface area contributed by atoms with Gasteiger partial charge < -0.3 is 14.5 Å². The van der Waals surface area contributed by atoms with Crippen LogP contribution in [-0.4, -0.2) is 38.5 Å². The number of nitrogens with zero attached hydrogens (tertiary/aromatic N) is 3. The predicted molar refractivity (Wildman–Crippen MR) is 57.2 cm³/mol. The number of hydrogen-bond acceptors (Lipinski definition) is 6. The van der Waals surface area contributed by atoms with Crippen molar-refractivity contribution in [2.24, 2.45) is 15.5 Å². The molecule has 1 saturated carbocycles. The molecule has 0 aromatic heterocycles. The summed E-state index contributed by atoms with van der Waals surface area (Å²) < 4.78 is 0. The fraction of sp³-hybridized carbons (Fsp3) is 0.667. The summed E-state index contributed by atoms with van der Waals surface area (Å²) in [4.78, 5) is 14.2. The smallest absolute Gasteiger partial charge is 0.110 e. The Morgan fingerprint density at radius 3 is 2.00 bits per heavy atom. The van der Waals surface area contributed by atoms with Crippen LogP contribution in [0.4, 0.5) is 0 Å². The monoisotopic (exact) mass is 213 g/mol. The Kier molecular flexibility index (Phi) is 4.59. The van der Waals surface area contributed by atoms with E-state index < -0.39 is 0 Å². The van der Waals surface area contributed by atoms with Crippen LogP contribution in [0.15, 0.2) is 15.5 Å². The van der Waals surface area contributed by atoms with Gasteiger partial charge in [-0.1, -0.05) is 15.5 Å². The molecule has 6 heteroatoms. The Morgan fingerprint density at radius 1 is 0.800 bits per heavy atom. The van der Waals surface area contributed by atoms with Gasteiger partial charge in [-0.15, -0.1) is 0 Å². The average Bonchev–Trinajstić information content (AvgIpc) is 2.23. The third kappa shape index (κ3) is 3.23. The minimum atomic E-state index is 0.587. The van der Waals surface area contributed by atoms with Crippen molar-refractivity contribution < 1.29 is 14.5 Å². The molecule has 0 aromatic rings. The summed E-state index contributed by atoms with van der Waals surface area (Å²) in [6.45, 7) is 0. The lowest BCUT2D eigenvalue weighted by atomic mass is 9.95. The van der Waals surface area contributed by atoms with E-state index in [9.17, 15) is 0 Å². The van der Waals surface area contributed by atoms with Crippen molar-refractivity contribution in [3.05, 3.63) is 0 Å². The lowest BCUT2D eigenvalue weighted by Gasteiger charge is -2.15. The molecule has 1 aliphatic rings. The first-order valence-electron chi connectivity index (χ1n) is 4.61. The lowest BCUT2D eigenvalue weighted by Crippen LogP contribution is -2.26. The minimum absolute atomic E-state index is 0.587. The molecule has 1 aliphatic carbocycles. The second kappa shape index (κ2) is 6.00. The maximum atomic E-state index is 4.74. The van der Waals surface area contributed by atoms with Crippen LogP contribution in [0.2, 0.25) is 0 Å². The van der Waals surface area contributed by atoms with Crippen LogP contribution in [0, 0.1) is 0 Å². The summed E-state index contributed by atoms with van der Waals surface area (Å²) in [6, 6.07) is 0. The Hall–Kier alpha value is -1.59. The lowest BCUT2D eigenvalue weighted by molar-refractivity contribution is 0.207. The molecule has 0 atom stereocenters. The topological polar surface area (TPSA) is 64.8 Å². The van der Waals surface area contributed by atoms with Crippen molar-refractivity contribution in [3.8, 4) is 0 Å². The fourth-order valence-electron chi connectivity index (χ4n) is 1.40. The summed E-state index contributed by atoms with van der Waals surface area (Å²) in [6.07, 6.45) is 2.13. The van der Waals surface area contributed by atoms with Crippen molar-refractivity contribution in [1.82, 2.24) is 0 Å². The molecule has 1 fully saturated rings.